The number of nitrogens with zero attached hydrogens (tertiary/aromatic N) is 2. The van der Waals surface area contributed by atoms with Crippen LogP contribution in [-0.2, 0) is 0 Å². The van der Waals surface area contributed by atoms with Gasteiger partial charge in [0.15, 0.2) is 0 Å². The third kappa shape index (κ3) is 2.31. The zero-order chi connectivity index (χ0) is 13.1. The van der Waals surface area contributed by atoms with Gasteiger partial charge in [-0.25, -0.2) is 4.39 Å². The zero-order valence-corrected chi connectivity index (χ0v) is 10.6. The SMILES string of the molecule is CN(c1cccnc1)c1cccc(F)c1C(N)=S. The molecule has 92 valence electrons. The Morgan fingerprint density at radius 3 is 2.72 bits per heavy atom. The van der Waals surface area contributed by atoms with Gasteiger partial charge in [0.05, 0.1) is 23.1 Å². The van der Waals surface area contributed by atoms with Crippen molar-refractivity contribution in [1.29, 1.82) is 0 Å². The van der Waals surface area contributed by atoms with Crippen LogP contribution in [0, 0.1) is 5.82 Å². The van der Waals surface area contributed by atoms with Gasteiger partial charge in [0, 0.05) is 13.2 Å². The molecule has 3 nitrogen and oxygen atoms in total. The molecule has 1 heterocycles. The second kappa shape index (κ2) is 5.10. The van der Waals surface area contributed by atoms with Gasteiger partial charge in [0.25, 0.3) is 0 Å². The Kier molecular flexibility index (Phi) is 3.53. The van der Waals surface area contributed by atoms with E-state index >= 15 is 0 Å². The highest BCUT2D eigenvalue weighted by Gasteiger charge is 2.15. The quantitative estimate of drug-likeness (QED) is 0.862. The van der Waals surface area contributed by atoms with E-state index in [9.17, 15) is 4.39 Å². The first-order valence-electron chi connectivity index (χ1n) is 5.33. The topological polar surface area (TPSA) is 42.2 Å². The summed E-state index contributed by atoms with van der Waals surface area (Å²) in [5, 5.41) is 0. The van der Waals surface area contributed by atoms with Crippen molar-refractivity contribution in [3.63, 3.8) is 0 Å². The number of rotatable bonds is 3. The molecule has 2 rings (SSSR count). The summed E-state index contributed by atoms with van der Waals surface area (Å²) in [6.45, 7) is 0. The van der Waals surface area contributed by atoms with E-state index in [4.69, 9.17) is 18.0 Å². The van der Waals surface area contributed by atoms with Crippen LogP contribution in [0.5, 0.6) is 0 Å². The molecule has 1 aromatic carbocycles. The van der Waals surface area contributed by atoms with E-state index in [0.717, 1.165) is 5.69 Å². The maximum Gasteiger partial charge on any atom is 0.135 e. The van der Waals surface area contributed by atoms with Crippen molar-refractivity contribution in [2.24, 2.45) is 5.73 Å². The van der Waals surface area contributed by atoms with Gasteiger partial charge in [-0.05, 0) is 24.3 Å². The highest BCUT2D eigenvalue weighted by Crippen LogP contribution is 2.27. The van der Waals surface area contributed by atoms with Gasteiger partial charge in [-0.15, -0.1) is 0 Å². The van der Waals surface area contributed by atoms with Crippen molar-refractivity contribution in [3.8, 4) is 0 Å². The van der Waals surface area contributed by atoms with Crippen LogP contribution in [0.15, 0.2) is 42.7 Å². The van der Waals surface area contributed by atoms with Crippen LogP contribution in [-0.4, -0.2) is 17.0 Å². The van der Waals surface area contributed by atoms with E-state index in [-0.39, 0.29) is 10.6 Å². The highest BCUT2D eigenvalue weighted by molar-refractivity contribution is 7.80. The smallest absolute Gasteiger partial charge is 0.135 e. The number of nitrogens with two attached hydrogens (primary N) is 1. The summed E-state index contributed by atoms with van der Waals surface area (Å²) >= 11 is 4.90. The normalized spacial score (nSPS) is 10.1. The Morgan fingerprint density at radius 2 is 2.11 bits per heavy atom. The molecule has 0 radical (unpaired) electrons. The van der Waals surface area contributed by atoms with E-state index < -0.39 is 5.82 Å². The van der Waals surface area contributed by atoms with Gasteiger partial charge < -0.3 is 10.6 Å². The van der Waals surface area contributed by atoms with Crippen molar-refractivity contribution in [3.05, 3.63) is 54.1 Å². The Labute approximate surface area is 110 Å². The van der Waals surface area contributed by atoms with Gasteiger partial charge in [0.2, 0.25) is 0 Å². The van der Waals surface area contributed by atoms with Crippen LogP contribution >= 0.6 is 12.2 Å². The average molecular weight is 261 g/mol. The summed E-state index contributed by atoms with van der Waals surface area (Å²) in [5.74, 6) is -0.421. The molecule has 0 fully saturated rings. The van der Waals surface area contributed by atoms with E-state index in [0.29, 0.717) is 5.69 Å². The van der Waals surface area contributed by atoms with Crippen molar-refractivity contribution in [1.82, 2.24) is 4.98 Å². The molecule has 0 bridgehead atoms. The molecule has 0 aliphatic heterocycles. The lowest BCUT2D eigenvalue weighted by Gasteiger charge is -2.22. The summed E-state index contributed by atoms with van der Waals surface area (Å²) in [5.41, 5.74) is 7.28. The molecule has 0 saturated carbocycles. The molecule has 18 heavy (non-hydrogen) atoms. The summed E-state index contributed by atoms with van der Waals surface area (Å²) in [7, 11) is 1.81. The number of anilines is 2. The second-order valence-electron chi connectivity index (χ2n) is 3.77. The van der Waals surface area contributed by atoms with Gasteiger partial charge >= 0.3 is 0 Å². The number of halogens is 1. The van der Waals surface area contributed by atoms with Crippen LogP contribution < -0.4 is 10.6 Å². The molecule has 2 N–H and O–H groups in total. The predicted octanol–water partition coefficient (Wildman–Crippen LogP) is 2.62. The van der Waals surface area contributed by atoms with Crippen molar-refractivity contribution in [2.75, 3.05) is 11.9 Å². The van der Waals surface area contributed by atoms with Crippen LogP contribution in [0.25, 0.3) is 0 Å². The minimum absolute atomic E-state index is 0.0406. The first-order chi connectivity index (χ1) is 8.61. The van der Waals surface area contributed by atoms with E-state index in [1.165, 1.54) is 6.07 Å². The summed E-state index contributed by atoms with van der Waals surface area (Å²) in [4.78, 5) is 5.87. The minimum Gasteiger partial charge on any atom is -0.389 e. The zero-order valence-electron chi connectivity index (χ0n) is 9.80. The fraction of sp³-hybridized carbons (Fsp3) is 0.0769. The fourth-order valence-corrected chi connectivity index (χ4v) is 1.93. The third-order valence-corrected chi connectivity index (χ3v) is 2.84. The van der Waals surface area contributed by atoms with Crippen LogP contribution in [0.2, 0.25) is 0 Å². The number of hydrogen-bond donors (Lipinski definition) is 1. The maximum absolute atomic E-state index is 13.8. The van der Waals surface area contributed by atoms with Crippen molar-refractivity contribution in [2.45, 2.75) is 0 Å². The molecule has 5 heteroatoms. The maximum atomic E-state index is 13.8. The monoisotopic (exact) mass is 261 g/mol. The second-order valence-corrected chi connectivity index (χ2v) is 4.21. The first-order valence-corrected chi connectivity index (χ1v) is 5.74. The minimum atomic E-state index is -0.421. The number of aromatic nitrogens is 1. The Balaban J connectivity index is 2.52. The Morgan fingerprint density at radius 1 is 1.33 bits per heavy atom. The lowest BCUT2D eigenvalue weighted by Crippen LogP contribution is -2.19. The summed E-state index contributed by atoms with van der Waals surface area (Å²) in [6, 6.07) is 8.42. The molecule has 0 amide bonds. The molecule has 0 aliphatic carbocycles. The number of hydrogen-bond acceptors (Lipinski definition) is 3. The number of benzene rings is 1. The molecule has 0 spiro atoms. The van der Waals surface area contributed by atoms with E-state index in [1.54, 1.807) is 29.4 Å². The molecule has 0 unspecified atom stereocenters. The third-order valence-electron chi connectivity index (χ3n) is 2.63. The number of pyridine rings is 1. The molecule has 2 aromatic rings. The summed E-state index contributed by atoms with van der Waals surface area (Å²) < 4.78 is 13.8. The standard InChI is InChI=1S/C13H12FN3S/c1-17(9-4-3-7-16-8-9)11-6-2-5-10(14)12(11)13(15)18/h2-8H,1H3,(H2,15,18). The van der Waals surface area contributed by atoms with Crippen LogP contribution in [0.1, 0.15) is 5.56 Å². The van der Waals surface area contributed by atoms with E-state index in [1.807, 2.05) is 19.2 Å². The lowest BCUT2D eigenvalue weighted by molar-refractivity contribution is 0.625. The molecular weight excluding hydrogens is 249 g/mol. The van der Waals surface area contributed by atoms with Crippen LogP contribution in [0.3, 0.4) is 0 Å². The van der Waals surface area contributed by atoms with Gasteiger partial charge in [-0.3, -0.25) is 4.98 Å². The van der Waals surface area contributed by atoms with Gasteiger partial charge in [-0.1, -0.05) is 18.3 Å². The fourth-order valence-electron chi connectivity index (χ4n) is 1.73. The molecule has 0 atom stereocenters. The molecule has 0 saturated heterocycles. The molecular formula is C13H12FN3S. The molecule has 0 aliphatic rings. The van der Waals surface area contributed by atoms with E-state index in [2.05, 4.69) is 4.98 Å². The molecule has 1 aromatic heterocycles. The summed E-state index contributed by atoms with van der Waals surface area (Å²) in [6.07, 6.45) is 3.37. The lowest BCUT2D eigenvalue weighted by atomic mass is 10.1. The first kappa shape index (κ1) is 12.4. The predicted molar refractivity (Wildman–Crippen MR) is 74.6 cm³/mol. The van der Waals surface area contributed by atoms with Crippen LogP contribution in [0.4, 0.5) is 15.8 Å². The number of thiocarbonyl (C=S) groups is 1. The Bertz CT molecular complexity index is 572. The average Bonchev–Trinajstić information content (AvgIpc) is 2.38. The largest absolute Gasteiger partial charge is 0.389 e. The Hall–Kier alpha value is -2.01. The van der Waals surface area contributed by atoms with Gasteiger partial charge in [-0.2, -0.15) is 0 Å². The highest BCUT2D eigenvalue weighted by atomic mass is 32.1. The van der Waals surface area contributed by atoms with Gasteiger partial charge in [0.1, 0.15) is 10.8 Å². The van der Waals surface area contributed by atoms with Crippen molar-refractivity contribution < 1.29 is 4.39 Å². The van der Waals surface area contributed by atoms with Crippen molar-refractivity contribution >= 4 is 28.6 Å².